The van der Waals surface area contributed by atoms with Crippen LogP contribution in [0.1, 0.15) is 18.9 Å². The summed E-state index contributed by atoms with van der Waals surface area (Å²) in [6.45, 7) is 2.21. The summed E-state index contributed by atoms with van der Waals surface area (Å²) in [4.78, 5) is 0. The quantitative estimate of drug-likeness (QED) is 0.812. The van der Waals surface area contributed by atoms with E-state index in [1.54, 1.807) is 7.11 Å². The van der Waals surface area contributed by atoms with Gasteiger partial charge in [0.15, 0.2) is 0 Å². The molecule has 0 fully saturated rings. The number of hydrogen-bond acceptors (Lipinski definition) is 2. The van der Waals surface area contributed by atoms with Gasteiger partial charge in [0.25, 0.3) is 0 Å². The van der Waals surface area contributed by atoms with Crippen LogP contribution in [0.5, 0.6) is 5.75 Å². The number of halogens is 1. The molecule has 0 spiro atoms. The summed E-state index contributed by atoms with van der Waals surface area (Å²) < 4.78 is 6.22. The van der Waals surface area contributed by atoms with E-state index in [9.17, 15) is 0 Å². The molecule has 106 valence electrons. The third-order valence-corrected chi connectivity index (χ3v) is 3.96. The van der Waals surface area contributed by atoms with Gasteiger partial charge in [-0.05, 0) is 52.5 Å². The van der Waals surface area contributed by atoms with Gasteiger partial charge in [0, 0.05) is 11.7 Å². The molecule has 0 radical (unpaired) electrons. The van der Waals surface area contributed by atoms with Crippen LogP contribution in [0, 0.1) is 0 Å². The van der Waals surface area contributed by atoms with E-state index in [-0.39, 0.29) is 0 Å². The number of ether oxygens (including phenoxy) is 1. The number of nitrogens with one attached hydrogen (secondary N) is 1. The van der Waals surface area contributed by atoms with Crippen molar-refractivity contribution in [3.8, 4) is 5.75 Å². The highest BCUT2D eigenvalue weighted by molar-refractivity contribution is 9.10. The van der Waals surface area contributed by atoms with Crippen LogP contribution in [0.2, 0.25) is 0 Å². The van der Waals surface area contributed by atoms with Crippen molar-refractivity contribution in [2.24, 2.45) is 0 Å². The van der Waals surface area contributed by atoms with Crippen molar-refractivity contribution in [2.75, 3.05) is 12.4 Å². The van der Waals surface area contributed by atoms with Gasteiger partial charge < -0.3 is 10.1 Å². The highest BCUT2D eigenvalue weighted by Crippen LogP contribution is 2.28. The average molecular weight is 334 g/mol. The van der Waals surface area contributed by atoms with Crippen LogP contribution in [0.25, 0.3) is 0 Å². The molecule has 0 amide bonds. The topological polar surface area (TPSA) is 21.3 Å². The third-order valence-electron chi connectivity index (χ3n) is 3.34. The van der Waals surface area contributed by atoms with Crippen molar-refractivity contribution < 1.29 is 4.74 Å². The fourth-order valence-electron chi connectivity index (χ4n) is 2.19. The maximum Gasteiger partial charge on any atom is 0.133 e. The van der Waals surface area contributed by atoms with Crippen LogP contribution >= 0.6 is 15.9 Å². The maximum atomic E-state index is 5.25. The summed E-state index contributed by atoms with van der Waals surface area (Å²) in [5.74, 6) is 0.853. The molecule has 0 aliphatic carbocycles. The standard InChI is InChI=1S/C17H20BrNO/c1-3-14(11-13-7-5-4-6-8-13)19-15-9-10-17(20-2)16(18)12-15/h4-10,12,14,19H,3,11H2,1-2H3. The summed E-state index contributed by atoms with van der Waals surface area (Å²) in [5, 5.41) is 3.58. The molecule has 3 heteroatoms. The van der Waals surface area contributed by atoms with E-state index >= 15 is 0 Å². The number of rotatable bonds is 6. The van der Waals surface area contributed by atoms with E-state index in [0.29, 0.717) is 6.04 Å². The van der Waals surface area contributed by atoms with Crippen molar-refractivity contribution in [2.45, 2.75) is 25.8 Å². The van der Waals surface area contributed by atoms with Crippen LogP contribution in [0.4, 0.5) is 5.69 Å². The Hall–Kier alpha value is -1.48. The minimum Gasteiger partial charge on any atom is -0.496 e. The first-order chi connectivity index (χ1) is 9.72. The predicted octanol–water partition coefficient (Wildman–Crippen LogP) is 4.89. The Bertz CT molecular complexity index is 542. The molecule has 1 unspecified atom stereocenters. The van der Waals surface area contributed by atoms with Gasteiger partial charge in [-0.25, -0.2) is 0 Å². The van der Waals surface area contributed by atoms with Gasteiger partial charge in [0.1, 0.15) is 5.75 Å². The molecule has 0 saturated heterocycles. The molecule has 0 aromatic heterocycles. The summed E-state index contributed by atoms with van der Waals surface area (Å²) in [6.07, 6.45) is 2.11. The third kappa shape index (κ3) is 4.01. The Kier molecular flexibility index (Phi) is 5.48. The van der Waals surface area contributed by atoms with E-state index < -0.39 is 0 Å². The SMILES string of the molecule is CCC(Cc1ccccc1)Nc1ccc(OC)c(Br)c1. The van der Waals surface area contributed by atoms with Crippen LogP contribution in [-0.4, -0.2) is 13.2 Å². The second-order valence-corrected chi connectivity index (χ2v) is 5.64. The first-order valence-electron chi connectivity index (χ1n) is 6.87. The average Bonchev–Trinajstić information content (AvgIpc) is 2.48. The van der Waals surface area contributed by atoms with E-state index in [0.717, 1.165) is 28.8 Å². The fraction of sp³-hybridized carbons (Fsp3) is 0.294. The molecule has 0 aliphatic heterocycles. The smallest absolute Gasteiger partial charge is 0.133 e. The molecule has 1 N–H and O–H groups in total. The van der Waals surface area contributed by atoms with Crippen molar-refractivity contribution in [1.29, 1.82) is 0 Å². The van der Waals surface area contributed by atoms with E-state index in [4.69, 9.17) is 4.74 Å². The van der Waals surface area contributed by atoms with Crippen molar-refractivity contribution in [1.82, 2.24) is 0 Å². The van der Waals surface area contributed by atoms with Gasteiger partial charge in [-0.15, -0.1) is 0 Å². The van der Waals surface area contributed by atoms with Gasteiger partial charge in [-0.2, -0.15) is 0 Å². The summed E-state index contributed by atoms with van der Waals surface area (Å²) in [6, 6.07) is 17.1. The van der Waals surface area contributed by atoms with E-state index in [2.05, 4.69) is 70.6 Å². The van der Waals surface area contributed by atoms with E-state index in [1.165, 1.54) is 5.56 Å². The summed E-state index contributed by atoms with van der Waals surface area (Å²) in [7, 11) is 1.68. The zero-order chi connectivity index (χ0) is 14.4. The zero-order valence-electron chi connectivity index (χ0n) is 11.9. The van der Waals surface area contributed by atoms with Crippen LogP contribution in [0.15, 0.2) is 53.0 Å². The highest BCUT2D eigenvalue weighted by Gasteiger charge is 2.08. The Labute approximate surface area is 129 Å². The minimum atomic E-state index is 0.428. The predicted molar refractivity (Wildman–Crippen MR) is 88.5 cm³/mol. The number of methoxy groups -OCH3 is 1. The molecular weight excluding hydrogens is 314 g/mol. The molecule has 20 heavy (non-hydrogen) atoms. The first-order valence-corrected chi connectivity index (χ1v) is 7.66. The van der Waals surface area contributed by atoms with Gasteiger partial charge in [-0.1, -0.05) is 37.3 Å². The monoisotopic (exact) mass is 333 g/mol. The van der Waals surface area contributed by atoms with Crippen LogP contribution in [-0.2, 0) is 6.42 Å². The molecule has 0 aliphatic rings. The fourth-order valence-corrected chi connectivity index (χ4v) is 2.73. The first kappa shape index (κ1) is 14.9. The summed E-state index contributed by atoms with van der Waals surface area (Å²) >= 11 is 3.52. The lowest BCUT2D eigenvalue weighted by atomic mass is 10.0. The molecule has 2 aromatic carbocycles. The Morgan fingerprint density at radius 3 is 2.50 bits per heavy atom. The molecule has 0 heterocycles. The molecule has 0 bridgehead atoms. The van der Waals surface area contributed by atoms with Crippen molar-refractivity contribution in [3.05, 3.63) is 58.6 Å². The lowest BCUT2D eigenvalue weighted by molar-refractivity contribution is 0.412. The zero-order valence-corrected chi connectivity index (χ0v) is 13.5. The van der Waals surface area contributed by atoms with Crippen LogP contribution < -0.4 is 10.1 Å². The molecule has 2 rings (SSSR count). The van der Waals surface area contributed by atoms with E-state index in [1.807, 2.05) is 6.07 Å². The summed E-state index contributed by atoms with van der Waals surface area (Å²) in [5.41, 5.74) is 2.47. The second-order valence-electron chi connectivity index (χ2n) is 4.79. The second kappa shape index (κ2) is 7.34. The van der Waals surface area contributed by atoms with Gasteiger partial charge in [0.05, 0.1) is 11.6 Å². The lowest BCUT2D eigenvalue weighted by Gasteiger charge is -2.19. The maximum absolute atomic E-state index is 5.25. The Morgan fingerprint density at radius 1 is 1.15 bits per heavy atom. The minimum absolute atomic E-state index is 0.428. The Balaban J connectivity index is 2.04. The number of anilines is 1. The number of hydrogen-bond donors (Lipinski definition) is 1. The van der Waals surface area contributed by atoms with Gasteiger partial charge in [-0.3, -0.25) is 0 Å². The Morgan fingerprint density at radius 2 is 1.90 bits per heavy atom. The largest absolute Gasteiger partial charge is 0.496 e. The molecule has 0 saturated carbocycles. The van der Waals surface area contributed by atoms with Gasteiger partial charge in [0.2, 0.25) is 0 Å². The number of benzene rings is 2. The highest BCUT2D eigenvalue weighted by atomic mass is 79.9. The molecule has 1 atom stereocenters. The molecule has 2 nitrogen and oxygen atoms in total. The van der Waals surface area contributed by atoms with Crippen molar-refractivity contribution >= 4 is 21.6 Å². The molecular formula is C17H20BrNO. The lowest BCUT2D eigenvalue weighted by Crippen LogP contribution is -2.21. The van der Waals surface area contributed by atoms with Gasteiger partial charge >= 0.3 is 0 Å². The normalized spacial score (nSPS) is 11.9. The van der Waals surface area contributed by atoms with Crippen LogP contribution in [0.3, 0.4) is 0 Å². The van der Waals surface area contributed by atoms with Crippen molar-refractivity contribution in [3.63, 3.8) is 0 Å². The molecule has 2 aromatic rings.